The summed E-state index contributed by atoms with van der Waals surface area (Å²) in [7, 11) is 1.80. The number of aromatic nitrogens is 2. The molecule has 0 fully saturated rings. The molecule has 2 aromatic rings. The van der Waals surface area contributed by atoms with Crippen molar-refractivity contribution >= 4 is 11.5 Å². The van der Waals surface area contributed by atoms with Crippen molar-refractivity contribution < 1.29 is 4.92 Å². The lowest BCUT2D eigenvalue weighted by atomic mass is 9.96. The average Bonchev–Trinajstić information content (AvgIpc) is 2.65. The first-order valence-corrected chi connectivity index (χ1v) is 6.40. The van der Waals surface area contributed by atoms with Gasteiger partial charge in [0.25, 0.3) is 5.69 Å². The van der Waals surface area contributed by atoms with Gasteiger partial charge in [-0.25, -0.2) is 0 Å². The topological polar surface area (TPSA) is 87.0 Å². The van der Waals surface area contributed by atoms with Crippen LogP contribution in [0.25, 0.3) is 11.3 Å². The number of rotatable bonds is 3. The van der Waals surface area contributed by atoms with Crippen LogP contribution in [0.1, 0.15) is 30.9 Å². The van der Waals surface area contributed by atoms with Crippen LogP contribution in [0.3, 0.4) is 0 Å². The van der Waals surface area contributed by atoms with Crippen molar-refractivity contribution in [1.29, 1.82) is 0 Å². The standard InChI is InChI=1S/C14H18N4O2/c1-8(2)12-13(16-17(4)14(12)15)11-6-5-10(18(19)20)7-9(11)3/h5-8H,15H2,1-4H3. The molecule has 1 aromatic carbocycles. The van der Waals surface area contributed by atoms with Crippen molar-refractivity contribution in [2.75, 3.05) is 5.73 Å². The number of nitro groups is 1. The quantitative estimate of drug-likeness (QED) is 0.688. The summed E-state index contributed by atoms with van der Waals surface area (Å²) >= 11 is 0. The lowest BCUT2D eigenvalue weighted by molar-refractivity contribution is -0.384. The van der Waals surface area contributed by atoms with Gasteiger partial charge in [-0.15, -0.1) is 0 Å². The minimum Gasteiger partial charge on any atom is -0.384 e. The summed E-state index contributed by atoms with van der Waals surface area (Å²) in [6.45, 7) is 5.95. The molecule has 0 saturated heterocycles. The summed E-state index contributed by atoms with van der Waals surface area (Å²) in [6, 6.07) is 4.79. The molecule has 0 aliphatic rings. The van der Waals surface area contributed by atoms with Crippen LogP contribution in [0.5, 0.6) is 0 Å². The van der Waals surface area contributed by atoms with E-state index in [9.17, 15) is 10.1 Å². The first-order chi connectivity index (χ1) is 9.32. The van der Waals surface area contributed by atoms with Crippen molar-refractivity contribution in [3.63, 3.8) is 0 Å². The molecule has 2 N–H and O–H groups in total. The summed E-state index contributed by atoms with van der Waals surface area (Å²) < 4.78 is 1.64. The number of aryl methyl sites for hydroxylation is 2. The van der Waals surface area contributed by atoms with E-state index in [1.54, 1.807) is 23.9 Å². The highest BCUT2D eigenvalue weighted by Gasteiger charge is 2.20. The van der Waals surface area contributed by atoms with Crippen molar-refractivity contribution in [2.24, 2.45) is 7.05 Å². The minimum absolute atomic E-state index is 0.0845. The molecular weight excluding hydrogens is 256 g/mol. The zero-order valence-electron chi connectivity index (χ0n) is 12.0. The molecule has 0 saturated carbocycles. The maximum atomic E-state index is 10.8. The van der Waals surface area contributed by atoms with Gasteiger partial charge in [-0.1, -0.05) is 13.8 Å². The Labute approximate surface area is 117 Å². The van der Waals surface area contributed by atoms with E-state index in [1.807, 2.05) is 6.92 Å². The Morgan fingerprint density at radius 1 is 1.40 bits per heavy atom. The van der Waals surface area contributed by atoms with Gasteiger partial charge < -0.3 is 5.73 Å². The third-order valence-corrected chi connectivity index (χ3v) is 3.38. The second-order valence-corrected chi connectivity index (χ2v) is 5.18. The lowest BCUT2D eigenvalue weighted by Gasteiger charge is -2.09. The van der Waals surface area contributed by atoms with Crippen LogP contribution >= 0.6 is 0 Å². The monoisotopic (exact) mass is 274 g/mol. The lowest BCUT2D eigenvalue weighted by Crippen LogP contribution is -2.00. The Bertz CT molecular complexity index is 674. The zero-order valence-corrected chi connectivity index (χ0v) is 12.0. The Morgan fingerprint density at radius 3 is 2.55 bits per heavy atom. The van der Waals surface area contributed by atoms with Crippen molar-refractivity contribution in [3.8, 4) is 11.3 Å². The van der Waals surface area contributed by atoms with E-state index < -0.39 is 4.92 Å². The number of nitrogens with zero attached hydrogens (tertiary/aromatic N) is 3. The zero-order chi connectivity index (χ0) is 15.0. The van der Waals surface area contributed by atoms with Crippen LogP contribution < -0.4 is 5.73 Å². The molecule has 1 aromatic heterocycles. The van der Waals surface area contributed by atoms with E-state index in [-0.39, 0.29) is 11.6 Å². The fraction of sp³-hybridized carbons (Fsp3) is 0.357. The SMILES string of the molecule is Cc1cc([N+](=O)[O-])ccc1-c1nn(C)c(N)c1C(C)C. The third kappa shape index (κ3) is 2.24. The molecule has 20 heavy (non-hydrogen) atoms. The number of nitrogen functional groups attached to an aromatic ring is 1. The molecule has 106 valence electrons. The minimum atomic E-state index is -0.396. The summed E-state index contributed by atoms with van der Waals surface area (Å²) in [4.78, 5) is 10.4. The molecule has 0 unspecified atom stereocenters. The second kappa shape index (κ2) is 4.96. The van der Waals surface area contributed by atoms with E-state index in [2.05, 4.69) is 18.9 Å². The van der Waals surface area contributed by atoms with Crippen LogP contribution in [0.2, 0.25) is 0 Å². The molecule has 6 heteroatoms. The summed E-state index contributed by atoms with van der Waals surface area (Å²) in [6.07, 6.45) is 0. The molecule has 0 spiro atoms. The molecule has 0 atom stereocenters. The van der Waals surface area contributed by atoms with E-state index >= 15 is 0 Å². The van der Waals surface area contributed by atoms with Crippen LogP contribution in [0.15, 0.2) is 18.2 Å². The van der Waals surface area contributed by atoms with Crippen LogP contribution in [0, 0.1) is 17.0 Å². The van der Waals surface area contributed by atoms with E-state index in [4.69, 9.17) is 5.73 Å². The van der Waals surface area contributed by atoms with Crippen LogP contribution in [-0.2, 0) is 7.05 Å². The van der Waals surface area contributed by atoms with Crippen LogP contribution in [0.4, 0.5) is 11.5 Å². The number of nitrogens with two attached hydrogens (primary N) is 1. The van der Waals surface area contributed by atoms with Gasteiger partial charge >= 0.3 is 0 Å². The largest absolute Gasteiger partial charge is 0.384 e. The maximum absolute atomic E-state index is 10.8. The summed E-state index contributed by atoms with van der Waals surface area (Å²) in [5.74, 6) is 0.862. The Balaban J connectivity index is 2.63. The van der Waals surface area contributed by atoms with Gasteiger partial charge in [0.15, 0.2) is 0 Å². The smallest absolute Gasteiger partial charge is 0.269 e. The highest BCUT2D eigenvalue weighted by molar-refractivity contribution is 5.73. The van der Waals surface area contributed by atoms with E-state index in [0.29, 0.717) is 5.82 Å². The van der Waals surface area contributed by atoms with Crippen molar-refractivity contribution in [3.05, 3.63) is 39.4 Å². The number of hydrogen-bond donors (Lipinski definition) is 1. The first-order valence-electron chi connectivity index (χ1n) is 6.40. The molecule has 0 aliphatic carbocycles. The van der Waals surface area contributed by atoms with Gasteiger partial charge in [0.05, 0.1) is 10.6 Å². The maximum Gasteiger partial charge on any atom is 0.269 e. The Hall–Kier alpha value is -2.37. The van der Waals surface area contributed by atoms with Gasteiger partial charge in [0, 0.05) is 30.3 Å². The molecule has 0 aliphatic heterocycles. The predicted molar refractivity (Wildman–Crippen MR) is 78.5 cm³/mol. The Morgan fingerprint density at radius 2 is 2.05 bits per heavy atom. The highest BCUT2D eigenvalue weighted by Crippen LogP contribution is 2.35. The van der Waals surface area contributed by atoms with Crippen molar-refractivity contribution in [1.82, 2.24) is 9.78 Å². The van der Waals surface area contributed by atoms with Gasteiger partial charge in [-0.3, -0.25) is 14.8 Å². The Kier molecular flexibility index (Phi) is 3.48. The molecular formula is C14H18N4O2. The molecule has 0 amide bonds. The number of non-ortho nitro benzene ring substituents is 1. The highest BCUT2D eigenvalue weighted by atomic mass is 16.6. The summed E-state index contributed by atoms with van der Waals surface area (Å²) in [5.41, 5.74) is 9.62. The fourth-order valence-electron chi connectivity index (χ4n) is 2.35. The summed E-state index contributed by atoms with van der Waals surface area (Å²) in [5, 5.41) is 15.3. The van der Waals surface area contributed by atoms with Gasteiger partial charge in [0.1, 0.15) is 5.82 Å². The average molecular weight is 274 g/mol. The molecule has 0 radical (unpaired) electrons. The van der Waals surface area contributed by atoms with Gasteiger partial charge in [-0.2, -0.15) is 5.10 Å². The number of anilines is 1. The van der Waals surface area contributed by atoms with Gasteiger partial charge in [0.2, 0.25) is 0 Å². The third-order valence-electron chi connectivity index (χ3n) is 3.38. The number of benzene rings is 1. The normalized spacial score (nSPS) is 11.1. The molecule has 1 heterocycles. The molecule has 2 rings (SSSR count). The van der Waals surface area contributed by atoms with Crippen LogP contribution in [-0.4, -0.2) is 14.7 Å². The first kappa shape index (κ1) is 14.0. The van der Waals surface area contributed by atoms with Crippen molar-refractivity contribution in [2.45, 2.75) is 26.7 Å². The van der Waals surface area contributed by atoms with E-state index in [0.717, 1.165) is 22.4 Å². The number of nitro benzene ring substituents is 1. The molecule has 6 nitrogen and oxygen atoms in total. The van der Waals surface area contributed by atoms with Gasteiger partial charge in [-0.05, 0) is 24.5 Å². The van der Waals surface area contributed by atoms with E-state index in [1.165, 1.54) is 6.07 Å². The fourth-order valence-corrected chi connectivity index (χ4v) is 2.35. The predicted octanol–water partition coefficient (Wildman–Crippen LogP) is 3.01. The number of hydrogen-bond acceptors (Lipinski definition) is 4. The second-order valence-electron chi connectivity index (χ2n) is 5.18. The molecule has 0 bridgehead atoms.